The molecule has 2 heterocycles. The first-order valence-corrected chi connectivity index (χ1v) is 9.05. The lowest BCUT2D eigenvalue weighted by molar-refractivity contribution is 0.0870. The monoisotopic (exact) mass is 284 g/mol. The third kappa shape index (κ3) is 4.64. The number of likely N-dealkylation sites (tertiary alicyclic amines) is 1. The molecule has 0 radical (unpaired) electrons. The molecular weight excluding hydrogens is 252 g/mol. The Morgan fingerprint density at radius 3 is 1.89 bits per heavy atom. The van der Waals surface area contributed by atoms with E-state index in [0.29, 0.717) is 0 Å². The molecule has 0 atom stereocenters. The summed E-state index contributed by atoms with van der Waals surface area (Å²) in [6, 6.07) is 0.872. The van der Waals surface area contributed by atoms with Crippen LogP contribution in [0.3, 0.4) is 0 Å². The van der Waals surface area contributed by atoms with Gasteiger partial charge in [0.05, 0.1) is 0 Å². The van der Waals surface area contributed by atoms with Crippen molar-refractivity contribution < 1.29 is 0 Å². The highest BCUT2D eigenvalue weighted by Gasteiger charge is 2.29. The maximum Gasteiger partial charge on any atom is 0.0138 e. The van der Waals surface area contributed by atoms with Crippen LogP contribution in [0.25, 0.3) is 0 Å². The highest BCUT2D eigenvalue weighted by atomic mass is 32.2. The first-order valence-electron chi connectivity index (χ1n) is 8.22. The molecule has 0 aromatic heterocycles. The summed E-state index contributed by atoms with van der Waals surface area (Å²) in [6.07, 6.45) is 5.62. The maximum atomic E-state index is 2.79. The molecule has 0 bridgehead atoms. The van der Waals surface area contributed by atoms with Crippen LogP contribution in [0, 0.1) is 11.8 Å². The molecule has 0 N–H and O–H groups in total. The molecule has 0 spiro atoms. The molecule has 0 aliphatic carbocycles. The zero-order chi connectivity index (χ0) is 13.8. The molecule has 0 saturated carbocycles. The molecule has 0 aromatic carbocycles. The van der Waals surface area contributed by atoms with Gasteiger partial charge in [0, 0.05) is 24.4 Å². The van der Waals surface area contributed by atoms with Gasteiger partial charge in [0.1, 0.15) is 0 Å². The Bertz CT molecular complexity index is 251. The topological polar surface area (TPSA) is 6.48 Å². The van der Waals surface area contributed by atoms with Crippen molar-refractivity contribution in [1.29, 1.82) is 0 Å². The summed E-state index contributed by atoms with van der Waals surface area (Å²) in [5.74, 6) is 1.86. The predicted octanol–water partition coefficient (Wildman–Crippen LogP) is 3.88. The Kier molecular flexibility index (Phi) is 6.04. The van der Waals surface area contributed by atoms with Crippen LogP contribution in [0.2, 0.25) is 0 Å². The fraction of sp³-hybridized carbons (Fsp3) is 1.00. The van der Waals surface area contributed by atoms with Gasteiger partial charge in [0.25, 0.3) is 0 Å². The lowest BCUT2D eigenvalue weighted by atomic mass is 9.85. The molecular formula is C16H32N2S. The first kappa shape index (κ1) is 15.7. The van der Waals surface area contributed by atoms with Gasteiger partial charge in [0.2, 0.25) is 0 Å². The summed E-state index contributed by atoms with van der Waals surface area (Å²) >= 11 is 2.04. The molecule has 3 heteroatoms. The first-order chi connectivity index (χ1) is 9.06. The van der Waals surface area contributed by atoms with Crippen molar-refractivity contribution in [3.63, 3.8) is 0 Å². The standard InChI is InChI=1S/C16H32N2S/c1-13(2)15-5-9-17(10-6-15)16-7-11-18(12-8-16)19-14(3)4/h13-16H,5-12H2,1-4H3. The summed E-state index contributed by atoms with van der Waals surface area (Å²) in [4.78, 5) is 2.79. The van der Waals surface area contributed by atoms with Gasteiger partial charge in [-0.1, -0.05) is 39.6 Å². The summed E-state index contributed by atoms with van der Waals surface area (Å²) in [5, 5.41) is 0.735. The van der Waals surface area contributed by atoms with Gasteiger partial charge in [-0.15, -0.1) is 0 Å². The van der Waals surface area contributed by atoms with Crippen molar-refractivity contribution in [2.75, 3.05) is 26.2 Å². The van der Waals surface area contributed by atoms with Crippen molar-refractivity contribution in [2.24, 2.45) is 11.8 Å². The van der Waals surface area contributed by atoms with Crippen LogP contribution in [-0.4, -0.2) is 46.7 Å². The second kappa shape index (κ2) is 7.33. The third-order valence-corrected chi connectivity index (χ3v) is 5.90. The van der Waals surface area contributed by atoms with Crippen molar-refractivity contribution >= 4 is 11.9 Å². The lowest BCUT2D eigenvalue weighted by Gasteiger charge is -2.42. The molecule has 0 amide bonds. The van der Waals surface area contributed by atoms with Crippen LogP contribution in [0.5, 0.6) is 0 Å². The maximum absolute atomic E-state index is 2.79. The summed E-state index contributed by atoms with van der Waals surface area (Å²) in [6.45, 7) is 14.7. The van der Waals surface area contributed by atoms with Gasteiger partial charge in [-0.2, -0.15) is 0 Å². The second-order valence-corrected chi connectivity index (χ2v) is 8.60. The van der Waals surface area contributed by atoms with Gasteiger partial charge in [-0.05, 0) is 50.6 Å². The highest BCUT2D eigenvalue weighted by Crippen LogP contribution is 2.29. The number of hydrogen-bond donors (Lipinski definition) is 0. The molecule has 2 saturated heterocycles. The third-order valence-electron chi connectivity index (χ3n) is 4.82. The van der Waals surface area contributed by atoms with Gasteiger partial charge in [-0.25, -0.2) is 0 Å². The Balaban J connectivity index is 1.71. The largest absolute Gasteiger partial charge is 0.300 e. The van der Waals surface area contributed by atoms with Crippen LogP contribution in [-0.2, 0) is 0 Å². The predicted molar refractivity (Wildman–Crippen MR) is 86.5 cm³/mol. The van der Waals surface area contributed by atoms with E-state index >= 15 is 0 Å². The summed E-state index contributed by atoms with van der Waals surface area (Å²) in [5.41, 5.74) is 0. The molecule has 2 aliphatic rings. The Morgan fingerprint density at radius 1 is 0.842 bits per heavy atom. The van der Waals surface area contributed by atoms with E-state index in [1.165, 1.54) is 51.9 Å². The van der Waals surface area contributed by atoms with Crippen molar-refractivity contribution in [2.45, 2.75) is 64.7 Å². The number of nitrogens with zero attached hydrogens (tertiary/aromatic N) is 2. The van der Waals surface area contributed by atoms with Crippen molar-refractivity contribution in [3.8, 4) is 0 Å². The fourth-order valence-corrected chi connectivity index (χ4v) is 4.58. The normalized spacial score (nSPS) is 25.6. The lowest BCUT2D eigenvalue weighted by Crippen LogP contribution is -2.47. The molecule has 2 rings (SSSR count). The fourth-order valence-electron chi connectivity index (χ4n) is 3.56. The van der Waals surface area contributed by atoms with Gasteiger partial charge < -0.3 is 4.90 Å². The minimum Gasteiger partial charge on any atom is -0.300 e. The van der Waals surface area contributed by atoms with E-state index in [9.17, 15) is 0 Å². The molecule has 2 nitrogen and oxygen atoms in total. The second-order valence-electron chi connectivity index (χ2n) is 6.93. The van der Waals surface area contributed by atoms with Gasteiger partial charge in [-0.3, -0.25) is 4.31 Å². The number of rotatable bonds is 4. The van der Waals surface area contributed by atoms with Crippen LogP contribution in [0.4, 0.5) is 0 Å². The van der Waals surface area contributed by atoms with E-state index in [0.717, 1.165) is 23.1 Å². The van der Waals surface area contributed by atoms with E-state index in [1.807, 2.05) is 11.9 Å². The van der Waals surface area contributed by atoms with Crippen molar-refractivity contribution in [1.82, 2.24) is 9.21 Å². The van der Waals surface area contributed by atoms with E-state index in [1.54, 1.807) is 0 Å². The SMILES string of the molecule is CC(C)SN1CCC(N2CCC(C(C)C)CC2)CC1. The minimum absolute atomic E-state index is 0.735. The minimum atomic E-state index is 0.735. The molecule has 19 heavy (non-hydrogen) atoms. The van der Waals surface area contributed by atoms with Crippen LogP contribution in [0.1, 0.15) is 53.4 Å². The summed E-state index contributed by atoms with van der Waals surface area (Å²) < 4.78 is 2.59. The Labute approximate surface area is 124 Å². The molecule has 2 aliphatic heterocycles. The van der Waals surface area contributed by atoms with E-state index in [2.05, 4.69) is 36.9 Å². The Morgan fingerprint density at radius 2 is 1.42 bits per heavy atom. The number of piperidine rings is 2. The van der Waals surface area contributed by atoms with Crippen LogP contribution >= 0.6 is 11.9 Å². The van der Waals surface area contributed by atoms with Crippen LogP contribution in [0.15, 0.2) is 0 Å². The van der Waals surface area contributed by atoms with E-state index in [-0.39, 0.29) is 0 Å². The molecule has 2 fully saturated rings. The van der Waals surface area contributed by atoms with E-state index < -0.39 is 0 Å². The molecule has 112 valence electrons. The Hall–Kier alpha value is 0.270. The summed E-state index contributed by atoms with van der Waals surface area (Å²) in [7, 11) is 0. The molecule has 0 unspecified atom stereocenters. The van der Waals surface area contributed by atoms with Gasteiger partial charge >= 0.3 is 0 Å². The molecule has 0 aromatic rings. The van der Waals surface area contributed by atoms with Crippen LogP contribution < -0.4 is 0 Å². The number of hydrogen-bond acceptors (Lipinski definition) is 3. The average Bonchev–Trinajstić information content (AvgIpc) is 2.39. The zero-order valence-electron chi connectivity index (χ0n) is 13.3. The highest BCUT2D eigenvalue weighted by molar-refractivity contribution is 7.97. The zero-order valence-corrected chi connectivity index (χ0v) is 14.1. The van der Waals surface area contributed by atoms with E-state index in [4.69, 9.17) is 0 Å². The van der Waals surface area contributed by atoms with Crippen molar-refractivity contribution in [3.05, 3.63) is 0 Å². The quantitative estimate of drug-likeness (QED) is 0.724. The van der Waals surface area contributed by atoms with Gasteiger partial charge in [0.15, 0.2) is 0 Å². The smallest absolute Gasteiger partial charge is 0.0138 e. The average molecular weight is 285 g/mol.